The number of aromatic nitrogens is 1. The molecule has 2 aliphatic rings. The number of carbonyl (C=O) groups excluding carboxylic acids is 1. The van der Waals surface area contributed by atoms with Crippen LogP contribution in [0.1, 0.15) is 28.2 Å². The van der Waals surface area contributed by atoms with E-state index in [0.717, 1.165) is 38.9 Å². The van der Waals surface area contributed by atoms with E-state index in [2.05, 4.69) is 40.2 Å². The van der Waals surface area contributed by atoms with Gasteiger partial charge in [0, 0.05) is 37.8 Å². The summed E-state index contributed by atoms with van der Waals surface area (Å²) in [5, 5.41) is 2.44. The molecule has 1 amide bonds. The first kappa shape index (κ1) is 17.6. The van der Waals surface area contributed by atoms with E-state index >= 15 is 0 Å². The van der Waals surface area contributed by atoms with Crippen LogP contribution in [0.25, 0.3) is 0 Å². The first-order chi connectivity index (χ1) is 12.7. The highest BCUT2D eigenvalue weighted by Crippen LogP contribution is 2.31. The summed E-state index contributed by atoms with van der Waals surface area (Å²) in [5.74, 6) is 0.0502. The molecule has 0 atom stereocenters. The number of benzene rings is 1. The van der Waals surface area contributed by atoms with Crippen LogP contribution in [0.15, 0.2) is 41.9 Å². The van der Waals surface area contributed by atoms with Crippen LogP contribution in [-0.2, 0) is 11.2 Å². The number of hydrogen-bond donors (Lipinski definition) is 0. The molecule has 0 N–H and O–H groups in total. The van der Waals surface area contributed by atoms with Crippen LogP contribution in [-0.4, -0.2) is 65.6 Å². The smallest absolute Gasteiger partial charge is 0.283 e. The average Bonchev–Trinajstić information content (AvgIpc) is 3.23. The molecule has 0 unspecified atom stereocenters. The van der Waals surface area contributed by atoms with E-state index in [9.17, 15) is 4.79 Å². The maximum absolute atomic E-state index is 12.6. The van der Waals surface area contributed by atoms with E-state index in [4.69, 9.17) is 4.74 Å². The quantitative estimate of drug-likeness (QED) is 0.829. The van der Waals surface area contributed by atoms with E-state index in [1.54, 1.807) is 6.20 Å². The van der Waals surface area contributed by atoms with Gasteiger partial charge in [0.1, 0.15) is 0 Å². The largest absolute Gasteiger partial charge is 0.371 e. The van der Waals surface area contributed by atoms with Crippen molar-refractivity contribution < 1.29 is 9.53 Å². The molecule has 26 heavy (non-hydrogen) atoms. The highest BCUT2D eigenvalue weighted by Gasteiger charge is 2.41. The third kappa shape index (κ3) is 3.98. The summed E-state index contributed by atoms with van der Waals surface area (Å²) in [6.07, 6.45) is 4.76. The Morgan fingerprint density at radius 1 is 1.19 bits per heavy atom. The molecular formula is C20H25N3O2S. The van der Waals surface area contributed by atoms with Gasteiger partial charge in [-0.25, -0.2) is 4.98 Å². The van der Waals surface area contributed by atoms with Crippen LogP contribution >= 0.6 is 11.3 Å². The molecule has 0 radical (unpaired) electrons. The Balaban J connectivity index is 1.30. The first-order valence-corrected chi connectivity index (χ1v) is 10.2. The standard InChI is InChI=1S/C20H25N3O2S/c24-19(18-21-9-15-26-18)23-13-14-25-20(16-23)7-11-22(12-8-20)10-6-17-4-2-1-3-5-17/h1-5,9,15H,6-8,10-14,16H2. The lowest BCUT2D eigenvalue weighted by Crippen LogP contribution is -2.58. The molecule has 1 aromatic carbocycles. The average molecular weight is 372 g/mol. The lowest BCUT2D eigenvalue weighted by Gasteiger charge is -2.47. The third-order valence-corrected chi connectivity index (χ3v) is 6.24. The molecule has 138 valence electrons. The predicted octanol–water partition coefficient (Wildman–Crippen LogP) is 2.69. The van der Waals surface area contributed by atoms with Gasteiger partial charge in [-0.3, -0.25) is 4.79 Å². The van der Waals surface area contributed by atoms with Crippen molar-refractivity contribution in [3.8, 4) is 0 Å². The Bertz CT molecular complexity index is 712. The normalized spacial score (nSPS) is 20.4. The fourth-order valence-corrected chi connectivity index (χ4v) is 4.50. The molecule has 6 heteroatoms. The summed E-state index contributed by atoms with van der Waals surface area (Å²) < 4.78 is 6.18. The highest BCUT2D eigenvalue weighted by molar-refractivity contribution is 7.11. The number of amides is 1. The van der Waals surface area contributed by atoms with Crippen LogP contribution in [0.2, 0.25) is 0 Å². The summed E-state index contributed by atoms with van der Waals surface area (Å²) in [7, 11) is 0. The van der Waals surface area contributed by atoms with Crippen LogP contribution in [0.4, 0.5) is 0 Å². The van der Waals surface area contributed by atoms with Gasteiger partial charge in [-0.2, -0.15) is 0 Å². The van der Waals surface area contributed by atoms with E-state index in [-0.39, 0.29) is 11.5 Å². The first-order valence-electron chi connectivity index (χ1n) is 9.33. The number of hydrogen-bond acceptors (Lipinski definition) is 5. The molecule has 2 fully saturated rings. The van der Waals surface area contributed by atoms with Gasteiger partial charge >= 0.3 is 0 Å². The number of ether oxygens (including phenoxy) is 1. The Kier molecular flexibility index (Phi) is 5.33. The Hall–Kier alpha value is -1.76. The lowest BCUT2D eigenvalue weighted by atomic mass is 9.89. The molecule has 5 nitrogen and oxygen atoms in total. The Morgan fingerprint density at radius 3 is 2.73 bits per heavy atom. The van der Waals surface area contributed by atoms with E-state index < -0.39 is 0 Å². The number of carbonyl (C=O) groups is 1. The fraction of sp³-hybridized carbons (Fsp3) is 0.500. The Morgan fingerprint density at radius 2 is 2.00 bits per heavy atom. The summed E-state index contributed by atoms with van der Waals surface area (Å²) in [5.41, 5.74) is 1.22. The molecule has 2 saturated heterocycles. The second-order valence-electron chi connectivity index (χ2n) is 7.17. The van der Waals surface area contributed by atoms with Gasteiger partial charge in [0.2, 0.25) is 0 Å². The van der Waals surface area contributed by atoms with Crippen LogP contribution in [0, 0.1) is 0 Å². The molecule has 2 aliphatic heterocycles. The molecule has 1 aromatic heterocycles. The summed E-state index contributed by atoms with van der Waals surface area (Å²) in [4.78, 5) is 21.2. The monoisotopic (exact) mass is 371 g/mol. The second-order valence-corrected chi connectivity index (χ2v) is 8.07. The van der Waals surface area contributed by atoms with Crippen molar-refractivity contribution in [1.29, 1.82) is 0 Å². The molecule has 0 aliphatic carbocycles. The molecule has 3 heterocycles. The van der Waals surface area contributed by atoms with Gasteiger partial charge in [0.15, 0.2) is 5.01 Å². The van der Waals surface area contributed by atoms with Gasteiger partial charge in [0.05, 0.1) is 18.8 Å². The minimum absolute atomic E-state index is 0.0502. The van der Waals surface area contributed by atoms with Crippen molar-refractivity contribution in [2.45, 2.75) is 24.9 Å². The summed E-state index contributed by atoms with van der Waals surface area (Å²) in [6.45, 7) is 5.14. The number of morpholine rings is 1. The lowest BCUT2D eigenvalue weighted by molar-refractivity contribution is -0.127. The van der Waals surface area contributed by atoms with Gasteiger partial charge in [-0.15, -0.1) is 11.3 Å². The van der Waals surface area contributed by atoms with E-state index in [1.807, 2.05) is 10.3 Å². The molecular weight excluding hydrogens is 346 g/mol. The van der Waals surface area contributed by atoms with E-state index in [1.165, 1.54) is 16.9 Å². The molecule has 1 spiro atoms. The van der Waals surface area contributed by atoms with Crippen LogP contribution < -0.4 is 0 Å². The summed E-state index contributed by atoms with van der Waals surface area (Å²) >= 11 is 1.41. The minimum Gasteiger partial charge on any atom is -0.371 e. The zero-order valence-corrected chi connectivity index (χ0v) is 15.8. The van der Waals surface area contributed by atoms with Crippen molar-refractivity contribution in [3.05, 3.63) is 52.5 Å². The van der Waals surface area contributed by atoms with Crippen LogP contribution in [0.3, 0.4) is 0 Å². The van der Waals surface area contributed by atoms with Crippen molar-refractivity contribution in [2.75, 3.05) is 39.3 Å². The fourth-order valence-electron chi connectivity index (χ4n) is 3.90. The van der Waals surface area contributed by atoms with Crippen molar-refractivity contribution in [1.82, 2.24) is 14.8 Å². The minimum atomic E-state index is -0.172. The maximum Gasteiger partial charge on any atom is 0.283 e. The second kappa shape index (κ2) is 7.86. The number of piperidine rings is 1. The van der Waals surface area contributed by atoms with E-state index in [0.29, 0.717) is 24.7 Å². The van der Waals surface area contributed by atoms with Gasteiger partial charge in [-0.1, -0.05) is 30.3 Å². The SMILES string of the molecule is O=C(c1nccs1)N1CCOC2(CCN(CCc3ccccc3)CC2)C1. The van der Waals surface area contributed by atoms with Gasteiger partial charge < -0.3 is 14.5 Å². The molecule has 2 aromatic rings. The van der Waals surface area contributed by atoms with Crippen molar-refractivity contribution >= 4 is 17.2 Å². The van der Waals surface area contributed by atoms with Crippen molar-refractivity contribution in [2.24, 2.45) is 0 Å². The zero-order chi connectivity index (χ0) is 17.8. The summed E-state index contributed by atoms with van der Waals surface area (Å²) in [6, 6.07) is 10.7. The number of likely N-dealkylation sites (tertiary alicyclic amines) is 1. The third-order valence-electron chi connectivity index (χ3n) is 5.48. The zero-order valence-electron chi connectivity index (χ0n) is 15.0. The predicted molar refractivity (Wildman–Crippen MR) is 103 cm³/mol. The molecule has 0 bridgehead atoms. The number of nitrogens with zero attached hydrogens (tertiary/aromatic N) is 3. The highest BCUT2D eigenvalue weighted by atomic mass is 32.1. The molecule has 4 rings (SSSR count). The maximum atomic E-state index is 12.6. The van der Waals surface area contributed by atoms with Gasteiger partial charge in [0.25, 0.3) is 5.91 Å². The number of rotatable bonds is 4. The van der Waals surface area contributed by atoms with Crippen LogP contribution in [0.5, 0.6) is 0 Å². The number of thiazole rings is 1. The van der Waals surface area contributed by atoms with Gasteiger partial charge in [-0.05, 0) is 24.8 Å². The molecule has 0 saturated carbocycles. The Labute approximate surface area is 158 Å². The van der Waals surface area contributed by atoms with Crippen molar-refractivity contribution in [3.63, 3.8) is 0 Å². The topological polar surface area (TPSA) is 45.7 Å².